The van der Waals surface area contributed by atoms with Crippen LogP contribution in [-0.4, -0.2) is 64.7 Å². The standard InChI is InChI=1S/C10H21NO3/c1-12-9-10-13-6-2-3-11-4-7-14-8-5-11/h2-10H2,1H3. The van der Waals surface area contributed by atoms with Gasteiger partial charge in [0.2, 0.25) is 0 Å². The van der Waals surface area contributed by atoms with Gasteiger partial charge in [-0.25, -0.2) is 0 Å². The molecule has 1 heterocycles. The summed E-state index contributed by atoms with van der Waals surface area (Å²) < 4.78 is 15.5. The van der Waals surface area contributed by atoms with Crippen molar-refractivity contribution in [1.82, 2.24) is 4.90 Å². The van der Waals surface area contributed by atoms with Crippen molar-refractivity contribution in [2.75, 3.05) is 59.8 Å². The summed E-state index contributed by atoms with van der Waals surface area (Å²) in [5.41, 5.74) is 0. The van der Waals surface area contributed by atoms with Gasteiger partial charge in [-0.3, -0.25) is 4.90 Å². The summed E-state index contributed by atoms with van der Waals surface area (Å²) in [7, 11) is 1.69. The van der Waals surface area contributed by atoms with E-state index in [-0.39, 0.29) is 0 Å². The first kappa shape index (κ1) is 11.9. The molecule has 1 fully saturated rings. The lowest BCUT2D eigenvalue weighted by atomic mass is 10.3. The highest BCUT2D eigenvalue weighted by molar-refractivity contribution is 4.61. The fourth-order valence-corrected chi connectivity index (χ4v) is 1.46. The Hall–Kier alpha value is -0.160. The van der Waals surface area contributed by atoms with Gasteiger partial charge in [-0.05, 0) is 6.42 Å². The van der Waals surface area contributed by atoms with Crippen LogP contribution in [0.4, 0.5) is 0 Å². The van der Waals surface area contributed by atoms with Crippen LogP contribution in [0.1, 0.15) is 6.42 Å². The summed E-state index contributed by atoms with van der Waals surface area (Å²) in [5.74, 6) is 0. The third-order valence-electron chi connectivity index (χ3n) is 2.30. The van der Waals surface area contributed by atoms with Crippen molar-refractivity contribution in [1.29, 1.82) is 0 Å². The Kier molecular flexibility index (Phi) is 6.95. The first-order chi connectivity index (χ1) is 6.93. The van der Waals surface area contributed by atoms with Crippen molar-refractivity contribution in [3.63, 3.8) is 0 Å². The van der Waals surface area contributed by atoms with Crippen molar-refractivity contribution in [3.05, 3.63) is 0 Å². The molecule has 1 rings (SSSR count). The van der Waals surface area contributed by atoms with Gasteiger partial charge in [0.15, 0.2) is 0 Å². The highest BCUT2D eigenvalue weighted by atomic mass is 16.5. The number of nitrogens with zero attached hydrogens (tertiary/aromatic N) is 1. The highest BCUT2D eigenvalue weighted by Crippen LogP contribution is 1.97. The van der Waals surface area contributed by atoms with Crippen LogP contribution in [0.5, 0.6) is 0 Å². The molecule has 4 heteroatoms. The van der Waals surface area contributed by atoms with Crippen molar-refractivity contribution in [2.24, 2.45) is 0 Å². The van der Waals surface area contributed by atoms with Gasteiger partial charge < -0.3 is 14.2 Å². The Morgan fingerprint density at radius 1 is 1.14 bits per heavy atom. The molecule has 14 heavy (non-hydrogen) atoms. The summed E-state index contributed by atoms with van der Waals surface area (Å²) in [6, 6.07) is 0. The van der Waals surface area contributed by atoms with Crippen LogP contribution in [0.15, 0.2) is 0 Å². The van der Waals surface area contributed by atoms with Gasteiger partial charge in [-0.1, -0.05) is 0 Å². The summed E-state index contributed by atoms with van der Waals surface area (Å²) in [4.78, 5) is 2.42. The first-order valence-corrected chi connectivity index (χ1v) is 5.30. The Balaban J connectivity index is 1.82. The summed E-state index contributed by atoms with van der Waals surface area (Å²) in [6.45, 7) is 7.25. The van der Waals surface area contributed by atoms with Crippen molar-refractivity contribution in [3.8, 4) is 0 Å². The molecule has 0 bridgehead atoms. The monoisotopic (exact) mass is 203 g/mol. The van der Waals surface area contributed by atoms with Crippen LogP contribution in [0.2, 0.25) is 0 Å². The molecule has 0 atom stereocenters. The molecule has 0 aromatic rings. The van der Waals surface area contributed by atoms with Gasteiger partial charge in [-0.2, -0.15) is 0 Å². The average Bonchev–Trinajstić information content (AvgIpc) is 2.25. The molecule has 84 valence electrons. The predicted octanol–water partition coefficient (Wildman–Crippen LogP) is 0.372. The van der Waals surface area contributed by atoms with E-state index in [2.05, 4.69) is 4.90 Å². The second-order valence-electron chi connectivity index (χ2n) is 3.41. The van der Waals surface area contributed by atoms with Crippen LogP contribution in [0.25, 0.3) is 0 Å². The molecule has 0 aromatic heterocycles. The van der Waals surface area contributed by atoms with E-state index in [1.54, 1.807) is 7.11 Å². The third kappa shape index (κ3) is 5.54. The van der Waals surface area contributed by atoms with E-state index >= 15 is 0 Å². The van der Waals surface area contributed by atoms with Crippen LogP contribution in [0.3, 0.4) is 0 Å². The number of hydrogen-bond acceptors (Lipinski definition) is 4. The molecule has 0 radical (unpaired) electrons. The van der Waals surface area contributed by atoms with E-state index < -0.39 is 0 Å². The molecule has 0 unspecified atom stereocenters. The summed E-state index contributed by atoms with van der Waals surface area (Å²) >= 11 is 0. The summed E-state index contributed by atoms with van der Waals surface area (Å²) in [5, 5.41) is 0. The van der Waals surface area contributed by atoms with Crippen molar-refractivity contribution < 1.29 is 14.2 Å². The molecule has 0 N–H and O–H groups in total. The average molecular weight is 203 g/mol. The lowest BCUT2D eigenvalue weighted by molar-refractivity contribution is 0.0279. The normalized spacial score (nSPS) is 18.6. The van der Waals surface area contributed by atoms with Crippen LogP contribution < -0.4 is 0 Å². The second-order valence-corrected chi connectivity index (χ2v) is 3.41. The summed E-state index contributed by atoms with van der Waals surface area (Å²) in [6.07, 6.45) is 1.10. The number of ether oxygens (including phenoxy) is 3. The highest BCUT2D eigenvalue weighted by Gasteiger charge is 2.08. The molecular weight excluding hydrogens is 182 g/mol. The van der Waals surface area contributed by atoms with E-state index in [4.69, 9.17) is 14.2 Å². The minimum Gasteiger partial charge on any atom is -0.382 e. The fraction of sp³-hybridized carbons (Fsp3) is 1.00. The lowest BCUT2D eigenvalue weighted by Gasteiger charge is -2.26. The topological polar surface area (TPSA) is 30.9 Å². The van der Waals surface area contributed by atoms with Gasteiger partial charge >= 0.3 is 0 Å². The molecule has 0 aromatic carbocycles. The smallest absolute Gasteiger partial charge is 0.0700 e. The Bertz CT molecular complexity index is 127. The van der Waals surface area contributed by atoms with Crippen LogP contribution >= 0.6 is 0 Å². The number of morpholine rings is 1. The quantitative estimate of drug-likeness (QED) is 0.559. The molecule has 1 aliphatic rings. The fourth-order valence-electron chi connectivity index (χ4n) is 1.46. The zero-order valence-corrected chi connectivity index (χ0v) is 9.04. The molecule has 0 spiro atoms. The molecule has 1 aliphatic heterocycles. The van der Waals surface area contributed by atoms with E-state index in [0.29, 0.717) is 13.2 Å². The number of methoxy groups -OCH3 is 1. The SMILES string of the molecule is COCCOCCCN1CCOCC1. The maximum Gasteiger partial charge on any atom is 0.0700 e. The van der Waals surface area contributed by atoms with Crippen molar-refractivity contribution in [2.45, 2.75) is 6.42 Å². The maximum atomic E-state index is 5.38. The maximum absolute atomic E-state index is 5.38. The second kappa shape index (κ2) is 8.17. The zero-order chi connectivity index (χ0) is 10.1. The Morgan fingerprint density at radius 3 is 2.64 bits per heavy atom. The van der Waals surface area contributed by atoms with Crippen molar-refractivity contribution >= 4 is 0 Å². The van der Waals surface area contributed by atoms with Gasteiger partial charge in [0, 0.05) is 33.4 Å². The number of hydrogen-bond donors (Lipinski definition) is 0. The van der Waals surface area contributed by atoms with E-state index in [1.807, 2.05) is 0 Å². The molecule has 0 saturated carbocycles. The molecule has 4 nitrogen and oxygen atoms in total. The largest absolute Gasteiger partial charge is 0.382 e. The minimum absolute atomic E-state index is 0.692. The Labute approximate surface area is 86.1 Å². The molecular formula is C10H21NO3. The first-order valence-electron chi connectivity index (χ1n) is 5.30. The van der Waals surface area contributed by atoms with Crippen LogP contribution in [0, 0.1) is 0 Å². The third-order valence-corrected chi connectivity index (χ3v) is 2.30. The molecule has 0 amide bonds. The van der Waals surface area contributed by atoms with E-state index in [0.717, 1.165) is 45.9 Å². The minimum atomic E-state index is 0.692. The van der Waals surface area contributed by atoms with Gasteiger partial charge in [0.1, 0.15) is 0 Å². The van der Waals surface area contributed by atoms with E-state index in [9.17, 15) is 0 Å². The van der Waals surface area contributed by atoms with Gasteiger partial charge in [-0.15, -0.1) is 0 Å². The Morgan fingerprint density at radius 2 is 1.93 bits per heavy atom. The van der Waals surface area contributed by atoms with Gasteiger partial charge in [0.25, 0.3) is 0 Å². The van der Waals surface area contributed by atoms with E-state index in [1.165, 1.54) is 0 Å². The number of rotatable bonds is 7. The van der Waals surface area contributed by atoms with Crippen LogP contribution in [-0.2, 0) is 14.2 Å². The molecule has 1 saturated heterocycles. The lowest BCUT2D eigenvalue weighted by Crippen LogP contribution is -2.37. The predicted molar refractivity (Wildman–Crippen MR) is 54.6 cm³/mol. The van der Waals surface area contributed by atoms with Gasteiger partial charge in [0.05, 0.1) is 26.4 Å². The molecule has 0 aliphatic carbocycles. The zero-order valence-electron chi connectivity index (χ0n) is 9.04.